The maximum Gasteiger partial charge on any atom is 0.269 e. The predicted molar refractivity (Wildman–Crippen MR) is 134 cm³/mol. The van der Waals surface area contributed by atoms with E-state index in [-0.39, 0.29) is 22.8 Å². The van der Waals surface area contributed by atoms with Gasteiger partial charge in [-0.05, 0) is 54.8 Å². The highest BCUT2D eigenvalue weighted by Crippen LogP contribution is 2.26. The summed E-state index contributed by atoms with van der Waals surface area (Å²) in [6, 6.07) is 20.8. The number of anilines is 2. The van der Waals surface area contributed by atoms with Crippen molar-refractivity contribution in [3.8, 4) is 0 Å². The summed E-state index contributed by atoms with van der Waals surface area (Å²) in [6.07, 6.45) is 2.38. The maximum absolute atomic E-state index is 13.3. The Kier molecular flexibility index (Phi) is 7.31. The van der Waals surface area contributed by atoms with E-state index in [2.05, 4.69) is 10.2 Å². The molecule has 0 spiro atoms. The van der Waals surface area contributed by atoms with Crippen molar-refractivity contribution in [3.05, 3.63) is 94.5 Å². The monoisotopic (exact) mass is 494 g/mol. The lowest BCUT2D eigenvalue weighted by Crippen LogP contribution is -2.40. The van der Waals surface area contributed by atoms with Gasteiger partial charge in [-0.15, -0.1) is 0 Å². The zero-order chi connectivity index (χ0) is 24.8. The third-order valence-corrected chi connectivity index (χ3v) is 7.65. The van der Waals surface area contributed by atoms with E-state index in [0.717, 1.165) is 28.6 Å². The normalized spacial score (nSPS) is 13.4. The minimum atomic E-state index is -4.08. The number of nitro groups is 1. The Morgan fingerprint density at radius 2 is 1.57 bits per heavy atom. The molecule has 4 rings (SSSR count). The van der Waals surface area contributed by atoms with E-state index in [1.807, 2.05) is 24.3 Å². The molecular weight excluding hydrogens is 468 g/mol. The standard InChI is InChI=1S/C25H26N4O5S/c30-25(26-18-20-8-10-21(11-9-20)27-16-4-5-17-27)19-28(22-12-14-23(15-13-22)29(31)32)35(33,34)24-6-2-1-3-7-24/h1-3,6-15H,4-5,16-19H2,(H,26,30). The van der Waals surface area contributed by atoms with Crippen molar-refractivity contribution in [2.45, 2.75) is 24.3 Å². The topological polar surface area (TPSA) is 113 Å². The van der Waals surface area contributed by atoms with Crippen LogP contribution in [0.25, 0.3) is 0 Å². The van der Waals surface area contributed by atoms with Gasteiger partial charge in [-0.2, -0.15) is 0 Å². The van der Waals surface area contributed by atoms with Crippen molar-refractivity contribution >= 4 is 33.0 Å². The highest BCUT2D eigenvalue weighted by atomic mass is 32.2. The Hall–Kier alpha value is -3.92. The number of benzene rings is 3. The number of nitro benzene ring substituents is 1. The molecule has 0 aromatic heterocycles. The van der Waals surface area contributed by atoms with Crippen molar-refractivity contribution < 1.29 is 18.1 Å². The number of carbonyl (C=O) groups is 1. The number of rotatable bonds is 9. The molecule has 1 heterocycles. The van der Waals surface area contributed by atoms with Crippen LogP contribution in [0.1, 0.15) is 18.4 Å². The van der Waals surface area contributed by atoms with Gasteiger partial charge < -0.3 is 10.2 Å². The van der Waals surface area contributed by atoms with Crippen LogP contribution in [-0.4, -0.2) is 38.9 Å². The summed E-state index contributed by atoms with van der Waals surface area (Å²) in [5.41, 5.74) is 2.03. The SMILES string of the molecule is O=C(CN(c1ccc([N+](=O)[O-])cc1)S(=O)(=O)c1ccccc1)NCc1ccc(N2CCCC2)cc1. The highest BCUT2D eigenvalue weighted by molar-refractivity contribution is 7.92. The van der Waals surface area contributed by atoms with Gasteiger partial charge in [0.1, 0.15) is 6.54 Å². The Bertz CT molecular complexity index is 1270. The molecule has 3 aromatic rings. The molecule has 0 aliphatic carbocycles. The van der Waals surface area contributed by atoms with Crippen LogP contribution in [0.4, 0.5) is 17.1 Å². The average molecular weight is 495 g/mol. The first-order valence-electron chi connectivity index (χ1n) is 11.3. The Morgan fingerprint density at radius 3 is 2.17 bits per heavy atom. The zero-order valence-corrected chi connectivity index (χ0v) is 19.9. The number of amides is 1. The molecule has 1 aliphatic rings. The smallest absolute Gasteiger partial charge is 0.269 e. The third-order valence-electron chi connectivity index (χ3n) is 5.86. The number of hydrogen-bond acceptors (Lipinski definition) is 6. The minimum Gasteiger partial charge on any atom is -0.372 e. The van der Waals surface area contributed by atoms with E-state index >= 15 is 0 Å². The van der Waals surface area contributed by atoms with Gasteiger partial charge in [0.05, 0.1) is 15.5 Å². The zero-order valence-electron chi connectivity index (χ0n) is 19.0. The molecule has 1 saturated heterocycles. The number of hydrogen-bond donors (Lipinski definition) is 1. The lowest BCUT2D eigenvalue weighted by Gasteiger charge is -2.24. The summed E-state index contributed by atoms with van der Waals surface area (Å²) in [5, 5.41) is 13.8. The van der Waals surface area contributed by atoms with Crippen LogP contribution in [0.5, 0.6) is 0 Å². The Balaban J connectivity index is 1.49. The number of carbonyl (C=O) groups excluding carboxylic acids is 1. The average Bonchev–Trinajstić information content (AvgIpc) is 3.42. The molecule has 1 N–H and O–H groups in total. The van der Waals surface area contributed by atoms with Crippen molar-refractivity contribution in [2.24, 2.45) is 0 Å². The molecule has 182 valence electrons. The van der Waals surface area contributed by atoms with Gasteiger partial charge in [0.2, 0.25) is 5.91 Å². The van der Waals surface area contributed by atoms with E-state index in [9.17, 15) is 23.3 Å². The highest BCUT2D eigenvalue weighted by Gasteiger charge is 2.27. The Morgan fingerprint density at radius 1 is 0.943 bits per heavy atom. The lowest BCUT2D eigenvalue weighted by atomic mass is 10.2. The van der Waals surface area contributed by atoms with Gasteiger partial charge in [-0.1, -0.05) is 30.3 Å². The van der Waals surface area contributed by atoms with Crippen molar-refractivity contribution in [1.29, 1.82) is 0 Å². The largest absolute Gasteiger partial charge is 0.372 e. The van der Waals surface area contributed by atoms with Crippen molar-refractivity contribution in [2.75, 3.05) is 28.8 Å². The van der Waals surface area contributed by atoms with Crippen molar-refractivity contribution in [1.82, 2.24) is 5.32 Å². The van der Waals surface area contributed by atoms with Gasteiger partial charge >= 0.3 is 0 Å². The first kappa shape index (κ1) is 24.2. The van der Waals surface area contributed by atoms with E-state index in [0.29, 0.717) is 0 Å². The van der Waals surface area contributed by atoms with Gasteiger partial charge in [-0.25, -0.2) is 8.42 Å². The van der Waals surface area contributed by atoms with Crippen LogP contribution in [0.3, 0.4) is 0 Å². The summed E-state index contributed by atoms with van der Waals surface area (Å²) >= 11 is 0. The molecule has 35 heavy (non-hydrogen) atoms. The Labute approximate surface area is 204 Å². The van der Waals surface area contributed by atoms with Gasteiger partial charge in [0.25, 0.3) is 15.7 Å². The maximum atomic E-state index is 13.3. The van der Waals surface area contributed by atoms with Crippen LogP contribution in [0.2, 0.25) is 0 Å². The summed E-state index contributed by atoms with van der Waals surface area (Å²) in [6.45, 7) is 1.87. The molecule has 0 radical (unpaired) electrons. The molecule has 1 aliphatic heterocycles. The first-order valence-corrected chi connectivity index (χ1v) is 12.7. The number of nitrogens with zero attached hydrogens (tertiary/aromatic N) is 3. The molecule has 1 fully saturated rings. The fraction of sp³-hybridized carbons (Fsp3) is 0.240. The van der Waals surface area contributed by atoms with E-state index < -0.39 is 27.4 Å². The summed E-state index contributed by atoms with van der Waals surface area (Å²) in [5.74, 6) is -0.494. The molecule has 0 atom stereocenters. The molecule has 0 unspecified atom stereocenters. The van der Waals surface area contributed by atoms with Crippen LogP contribution in [-0.2, 0) is 21.4 Å². The second kappa shape index (κ2) is 10.6. The van der Waals surface area contributed by atoms with E-state index in [1.165, 1.54) is 49.2 Å². The number of nitrogens with one attached hydrogen (secondary N) is 1. The quantitative estimate of drug-likeness (QED) is 0.358. The second-order valence-corrected chi connectivity index (χ2v) is 10.1. The molecule has 3 aromatic carbocycles. The van der Waals surface area contributed by atoms with Gasteiger partial charge in [0.15, 0.2) is 0 Å². The van der Waals surface area contributed by atoms with Crippen LogP contribution in [0, 0.1) is 10.1 Å². The number of non-ortho nitro benzene ring substituents is 1. The van der Waals surface area contributed by atoms with Gasteiger partial charge in [0, 0.05) is 37.5 Å². The molecule has 10 heteroatoms. The number of sulfonamides is 1. The van der Waals surface area contributed by atoms with Gasteiger partial charge in [-0.3, -0.25) is 19.2 Å². The van der Waals surface area contributed by atoms with Crippen molar-refractivity contribution in [3.63, 3.8) is 0 Å². The third kappa shape index (κ3) is 5.78. The predicted octanol–water partition coefficient (Wildman–Crippen LogP) is 3.71. The van der Waals surface area contributed by atoms with Crippen LogP contribution in [0.15, 0.2) is 83.8 Å². The first-order chi connectivity index (χ1) is 16.8. The fourth-order valence-electron chi connectivity index (χ4n) is 3.96. The van der Waals surface area contributed by atoms with Crippen LogP contribution < -0.4 is 14.5 Å². The van der Waals surface area contributed by atoms with E-state index in [4.69, 9.17) is 0 Å². The molecule has 0 bridgehead atoms. The molecule has 1 amide bonds. The summed E-state index contributed by atoms with van der Waals surface area (Å²) in [7, 11) is -4.08. The molecule has 0 saturated carbocycles. The molecule has 9 nitrogen and oxygen atoms in total. The fourth-order valence-corrected chi connectivity index (χ4v) is 5.40. The summed E-state index contributed by atoms with van der Waals surface area (Å²) < 4.78 is 27.6. The summed E-state index contributed by atoms with van der Waals surface area (Å²) in [4.78, 5) is 25.6. The molecular formula is C25H26N4O5S. The lowest BCUT2D eigenvalue weighted by molar-refractivity contribution is -0.384. The van der Waals surface area contributed by atoms with E-state index in [1.54, 1.807) is 18.2 Å². The van der Waals surface area contributed by atoms with Crippen LogP contribution >= 0.6 is 0 Å². The minimum absolute atomic E-state index is 0.0173. The second-order valence-electron chi connectivity index (χ2n) is 8.24.